The second kappa shape index (κ2) is 8.31. The van der Waals surface area contributed by atoms with Crippen molar-refractivity contribution in [2.75, 3.05) is 13.2 Å². The van der Waals surface area contributed by atoms with Crippen LogP contribution in [0, 0.1) is 6.92 Å². The van der Waals surface area contributed by atoms with Crippen LogP contribution >= 0.6 is 0 Å². The summed E-state index contributed by atoms with van der Waals surface area (Å²) < 4.78 is 5.71. The fraction of sp³-hybridized carbons (Fsp3) is 0.611. The zero-order chi connectivity index (χ0) is 16.8. The third kappa shape index (κ3) is 5.52. The minimum Gasteiger partial charge on any atom is -0.395 e. The first-order valence-electron chi connectivity index (χ1n) is 8.35. The molecule has 5 nitrogen and oxygen atoms in total. The number of aliphatic hydroxyl groups excluding tert-OH is 1. The minimum absolute atomic E-state index is 0.0418. The molecule has 23 heavy (non-hydrogen) atoms. The molecular formula is C18H28N2O3. The molecule has 2 atom stereocenters. The van der Waals surface area contributed by atoms with Gasteiger partial charge in [-0.3, -0.25) is 0 Å². The highest BCUT2D eigenvalue weighted by Crippen LogP contribution is 2.19. The number of hydrogen-bond acceptors (Lipinski definition) is 3. The second-order valence-electron chi connectivity index (χ2n) is 6.51. The van der Waals surface area contributed by atoms with Crippen LogP contribution in [0.15, 0.2) is 24.3 Å². The van der Waals surface area contributed by atoms with Crippen LogP contribution in [0.3, 0.4) is 0 Å². The maximum absolute atomic E-state index is 12.5. The predicted molar refractivity (Wildman–Crippen MR) is 90.2 cm³/mol. The van der Waals surface area contributed by atoms with Gasteiger partial charge in [0.25, 0.3) is 0 Å². The fourth-order valence-electron chi connectivity index (χ4n) is 3.08. The van der Waals surface area contributed by atoms with Crippen molar-refractivity contribution in [3.05, 3.63) is 35.4 Å². The number of nitrogens with zero attached hydrogens (tertiary/aromatic N) is 1. The Labute approximate surface area is 138 Å². The standard InChI is InChI=1S/C18H28N2O3/c1-13-4-6-16(7-5-13)12-20(8-9-21)18(22)19-17-10-14(2)23-15(3)11-17/h4-7,14-15,17,21H,8-12H2,1-3H3,(H,19,22)/t14-,15-/m1/s1. The topological polar surface area (TPSA) is 61.8 Å². The second-order valence-corrected chi connectivity index (χ2v) is 6.51. The summed E-state index contributed by atoms with van der Waals surface area (Å²) >= 11 is 0. The Morgan fingerprint density at radius 2 is 1.87 bits per heavy atom. The minimum atomic E-state index is -0.120. The molecule has 1 aromatic rings. The zero-order valence-corrected chi connectivity index (χ0v) is 14.3. The average molecular weight is 320 g/mol. The van der Waals surface area contributed by atoms with Gasteiger partial charge in [0.05, 0.1) is 18.8 Å². The average Bonchev–Trinajstić information content (AvgIpc) is 2.48. The van der Waals surface area contributed by atoms with Crippen LogP contribution in [0.2, 0.25) is 0 Å². The third-order valence-corrected chi connectivity index (χ3v) is 4.18. The van der Waals surface area contributed by atoms with Crippen molar-refractivity contribution in [3.8, 4) is 0 Å². The molecule has 2 rings (SSSR count). The summed E-state index contributed by atoms with van der Waals surface area (Å²) in [5.41, 5.74) is 2.25. The van der Waals surface area contributed by atoms with E-state index in [1.165, 1.54) is 5.56 Å². The molecule has 0 spiro atoms. The van der Waals surface area contributed by atoms with Crippen LogP contribution < -0.4 is 5.32 Å². The van der Waals surface area contributed by atoms with Gasteiger partial charge in [-0.2, -0.15) is 0 Å². The van der Waals surface area contributed by atoms with Gasteiger partial charge >= 0.3 is 6.03 Å². The van der Waals surface area contributed by atoms with E-state index in [9.17, 15) is 9.90 Å². The number of carbonyl (C=O) groups is 1. The van der Waals surface area contributed by atoms with Crippen LogP contribution in [0.5, 0.6) is 0 Å². The molecule has 1 aromatic carbocycles. The van der Waals surface area contributed by atoms with Crippen molar-refractivity contribution in [1.29, 1.82) is 0 Å². The number of hydrogen-bond donors (Lipinski definition) is 2. The van der Waals surface area contributed by atoms with E-state index in [2.05, 4.69) is 5.32 Å². The van der Waals surface area contributed by atoms with Crippen LogP contribution in [-0.2, 0) is 11.3 Å². The summed E-state index contributed by atoms with van der Waals surface area (Å²) in [7, 11) is 0. The highest BCUT2D eigenvalue weighted by Gasteiger charge is 2.27. The Kier molecular flexibility index (Phi) is 6.42. The summed E-state index contributed by atoms with van der Waals surface area (Å²) in [5, 5.41) is 12.3. The van der Waals surface area contributed by atoms with Gasteiger partial charge in [0, 0.05) is 19.1 Å². The van der Waals surface area contributed by atoms with Gasteiger partial charge in [-0.1, -0.05) is 29.8 Å². The van der Waals surface area contributed by atoms with Gasteiger partial charge < -0.3 is 20.1 Å². The van der Waals surface area contributed by atoms with Crippen molar-refractivity contribution < 1.29 is 14.6 Å². The number of rotatable bonds is 5. The monoisotopic (exact) mass is 320 g/mol. The number of benzene rings is 1. The van der Waals surface area contributed by atoms with Gasteiger partial charge in [-0.25, -0.2) is 4.79 Å². The summed E-state index contributed by atoms with van der Waals surface area (Å²) in [6.45, 7) is 6.89. The van der Waals surface area contributed by atoms with E-state index in [4.69, 9.17) is 4.74 Å². The normalized spacial score (nSPS) is 24.3. The molecule has 1 aliphatic rings. The molecule has 1 heterocycles. The molecule has 1 aliphatic heterocycles. The van der Waals surface area contributed by atoms with Crippen molar-refractivity contribution in [2.45, 2.75) is 58.4 Å². The smallest absolute Gasteiger partial charge is 0.317 e. The Morgan fingerprint density at radius 3 is 2.43 bits per heavy atom. The Bertz CT molecular complexity index is 493. The van der Waals surface area contributed by atoms with Crippen LogP contribution in [0.4, 0.5) is 4.79 Å². The lowest BCUT2D eigenvalue weighted by molar-refractivity contribution is -0.0408. The third-order valence-electron chi connectivity index (χ3n) is 4.18. The van der Waals surface area contributed by atoms with E-state index in [1.807, 2.05) is 45.0 Å². The number of carbonyl (C=O) groups excluding carboxylic acids is 1. The first-order chi connectivity index (χ1) is 11.0. The Balaban J connectivity index is 1.96. The molecule has 5 heteroatoms. The molecule has 0 saturated carbocycles. The maximum atomic E-state index is 12.5. The summed E-state index contributed by atoms with van der Waals surface area (Å²) in [6.07, 6.45) is 1.97. The summed E-state index contributed by atoms with van der Waals surface area (Å²) in [4.78, 5) is 14.2. The SMILES string of the molecule is Cc1ccc(CN(CCO)C(=O)NC2C[C@@H](C)O[C@H](C)C2)cc1. The van der Waals surface area contributed by atoms with Crippen molar-refractivity contribution in [2.24, 2.45) is 0 Å². The number of amides is 2. The van der Waals surface area contributed by atoms with E-state index in [1.54, 1.807) is 4.90 Å². The van der Waals surface area contributed by atoms with E-state index in [0.717, 1.165) is 18.4 Å². The van der Waals surface area contributed by atoms with Gasteiger partial charge in [-0.05, 0) is 39.2 Å². The largest absolute Gasteiger partial charge is 0.395 e. The van der Waals surface area contributed by atoms with Gasteiger partial charge in [0.1, 0.15) is 0 Å². The number of aliphatic hydroxyl groups is 1. The molecule has 0 aromatic heterocycles. The first-order valence-corrected chi connectivity index (χ1v) is 8.35. The van der Waals surface area contributed by atoms with Gasteiger partial charge in [-0.15, -0.1) is 0 Å². The quantitative estimate of drug-likeness (QED) is 0.876. The van der Waals surface area contributed by atoms with E-state index >= 15 is 0 Å². The highest BCUT2D eigenvalue weighted by atomic mass is 16.5. The molecule has 128 valence electrons. The van der Waals surface area contributed by atoms with Crippen LogP contribution in [-0.4, -0.2) is 47.4 Å². The predicted octanol–water partition coefficient (Wildman–Crippen LogP) is 2.45. The summed E-state index contributed by atoms with van der Waals surface area (Å²) in [5.74, 6) is 0. The maximum Gasteiger partial charge on any atom is 0.317 e. The Morgan fingerprint density at radius 1 is 1.26 bits per heavy atom. The molecule has 1 saturated heterocycles. The van der Waals surface area contributed by atoms with Gasteiger partial charge in [0.2, 0.25) is 0 Å². The Hall–Kier alpha value is -1.59. The number of nitrogens with one attached hydrogen (secondary N) is 1. The van der Waals surface area contributed by atoms with Crippen molar-refractivity contribution >= 4 is 6.03 Å². The van der Waals surface area contributed by atoms with Crippen molar-refractivity contribution in [3.63, 3.8) is 0 Å². The van der Waals surface area contributed by atoms with E-state index in [-0.39, 0.29) is 30.9 Å². The van der Waals surface area contributed by atoms with E-state index < -0.39 is 0 Å². The molecule has 2 amide bonds. The lowest BCUT2D eigenvalue weighted by Crippen LogP contribution is -2.49. The molecule has 2 N–H and O–H groups in total. The van der Waals surface area contributed by atoms with E-state index in [0.29, 0.717) is 13.1 Å². The molecule has 1 fully saturated rings. The van der Waals surface area contributed by atoms with Gasteiger partial charge in [0.15, 0.2) is 0 Å². The van der Waals surface area contributed by atoms with Crippen LogP contribution in [0.1, 0.15) is 37.8 Å². The highest BCUT2D eigenvalue weighted by molar-refractivity contribution is 5.74. The molecule has 0 bridgehead atoms. The molecular weight excluding hydrogens is 292 g/mol. The van der Waals surface area contributed by atoms with Crippen LogP contribution in [0.25, 0.3) is 0 Å². The zero-order valence-electron chi connectivity index (χ0n) is 14.3. The fourth-order valence-corrected chi connectivity index (χ4v) is 3.08. The summed E-state index contributed by atoms with van der Waals surface area (Å²) in [6, 6.07) is 8.11. The lowest BCUT2D eigenvalue weighted by Gasteiger charge is -2.34. The molecule has 0 radical (unpaired) electrons. The number of urea groups is 1. The number of ether oxygens (including phenoxy) is 1. The lowest BCUT2D eigenvalue weighted by atomic mass is 10.00. The molecule has 0 aliphatic carbocycles. The first kappa shape index (κ1) is 17.8. The molecule has 0 unspecified atom stereocenters. The number of aryl methyl sites for hydroxylation is 1. The van der Waals surface area contributed by atoms with Crippen molar-refractivity contribution in [1.82, 2.24) is 10.2 Å².